The van der Waals surface area contributed by atoms with Crippen molar-refractivity contribution in [2.75, 3.05) is 0 Å². The lowest BCUT2D eigenvalue weighted by molar-refractivity contribution is -0.268. The van der Waals surface area contributed by atoms with Gasteiger partial charge in [0, 0.05) is 6.04 Å². The maximum absolute atomic E-state index is 10.0. The van der Waals surface area contributed by atoms with E-state index in [1.807, 2.05) is 20.8 Å². The summed E-state index contributed by atoms with van der Waals surface area (Å²) >= 11 is 0. The molecule has 4 nitrogen and oxygen atoms in total. The van der Waals surface area contributed by atoms with Crippen LogP contribution in [0.4, 0.5) is 0 Å². The van der Waals surface area contributed by atoms with Gasteiger partial charge in [0.1, 0.15) is 6.23 Å². The molecule has 2 fully saturated rings. The molecule has 2 N–H and O–H groups in total. The summed E-state index contributed by atoms with van der Waals surface area (Å²) in [6.45, 7) is 5.72. The first-order chi connectivity index (χ1) is 7.38. The molecule has 2 aliphatic rings. The zero-order chi connectivity index (χ0) is 11.9. The van der Waals surface area contributed by atoms with Gasteiger partial charge in [-0.2, -0.15) is 0 Å². The van der Waals surface area contributed by atoms with Crippen LogP contribution in [0.15, 0.2) is 0 Å². The molecule has 2 rings (SSSR count). The molecular formula is C12H23NO3. The van der Waals surface area contributed by atoms with Gasteiger partial charge in [-0.15, -0.1) is 0 Å². The van der Waals surface area contributed by atoms with E-state index >= 15 is 0 Å². The standard InChI is InChI=1S/C12H23NO3/c1-12(2,3)16-11(15)13-9-6-4-5-8(9)7-10(13)14/h8-11,14-15H,4-7H2,1-3H3/t8?,9?,10-,11?/m1/s1. The van der Waals surface area contributed by atoms with Crippen LogP contribution < -0.4 is 0 Å². The van der Waals surface area contributed by atoms with Crippen LogP contribution in [0.25, 0.3) is 0 Å². The number of fused-ring (bicyclic) bond motifs is 1. The molecule has 1 aliphatic heterocycles. The Kier molecular flexibility index (Phi) is 3.27. The second-order valence-corrected chi connectivity index (χ2v) is 5.98. The Bertz CT molecular complexity index is 251. The average Bonchev–Trinajstić information content (AvgIpc) is 2.58. The lowest BCUT2D eigenvalue weighted by Crippen LogP contribution is -2.48. The highest BCUT2D eigenvalue weighted by molar-refractivity contribution is 4.93. The minimum atomic E-state index is -0.983. The third kappa shape index (κ3) is 2.40. The van der Waals surface area contributed by atoms with E-state index in [4.69, 9.17) is 4.74 Å². The summed E-state index contributed by atoms with van der Waals surface area (Å²) in [6, 6.07) is 0.298. The van der Waals surface area contributed by atoms with Crippen molar-refractivity contribution in [3.8, 4) is 0 Å². The van der Waals surface area contributed by atoms with Gasteiger partial charge in [0.15, 0.2) is 0 Å². The van der Waals surface area contributed by atoms with Crippen molar-refractivity contribution in [2.24, 2.45) is 5.92 Å². The van der Waals surface area contributed by atoms with Crippen LogP contribution in [-0.2, 0) is 4.74 Å². The monoisotopic (exact) mass is 229 g/mol. The van der Waals surface area contributed by atoms with Gasteiger partial charge in [-0.05, 0) is 46.0 Å². The van der Waals surface area contributed by atoms with Gasteiger partial charge >= 0.3 is 0 Å². The first-order valence-corrected chi connectivity index (χ1v) is 6.20. The molecule has 0 spiro atoms. The fourth-order valence-corrected chi connectivity index (χ4v) is 2.99. The van der Waals surface area contributed by atoms with Crippen LogP contribution in [0.5, 0.6) is 0 Å². The minimum absolute atomic E-state index is 0.298. The van der Waals surface area contributed by atoms with E-state index in [-0.39, 0.29) is 0 Å². The Balaban J connectivity index is 2.02. The van der Waals surface area contributed by atoms with Crippen LogP contribution in [0.2, 0.25) is 0 Å². The largest absolute Gasteiger partial charge is 0.378 e. The number of hydrogen-bond acceptors (Lipinski definition) is 4. The molecule has 0 aromatic carbocycles. The van der Waals surface area contributed by atoms with E-state index in [1.54, 1.807) is 4.90 Å². The third-order valence-electron chi connectivity index (χ3n) is 3.57. The minimum Gasteiger partial charge on any atom is -0.378 e. The molecule has 0 radical (unpaired) electrons. The molecule has 0 bridgehead atoms. The zero-order valence-corrected chi connectivity index (χ0v) is 10.4. The number of nitrogens with zero attached hydrogens (tertiary/aromatic N) is 1. The predicted molar refractivity (Wildman–Crippen MR) is 60.4 cm³/mol. The summed E-state index contributed by atoms with van der Waals surface area (Å²) in [5.74, 6) is 0.535. The highest BCUT2D eigenvalue weighted by Crippen LogP contribution is 2.41. The molecule has 1 saturated heterocycles. The third-order valence-corrected chi connectivity index (χ3v) is 3.57. The summed E-state index contributed by atoms with van der Waals surface area (Å²) in [4.78, 5) is 1.74. The highest BCUT2D eigenvalue weighted by atomic mass is 16.6. The zero-order valence-electron chi connectivity index (χ0n) is 10.4. The van der Waals surface area contributed by atoms with Crippen molar-refractivity contribution in [2.45, 2.75) is 70.7 Å². The van der Waals surface area contributed by atoms with Crippen molar-refractivity contribution in [1.29, 1.82) is 0 Å². The maximum Gasteiger partial charge on any atom is 0.218 e. The number of ether oxygens (including phenoxy) is 1. The number of hydrogen-bond donors (Lipinski definition) is 2. The molecule has 4 atom stereocenters. The van der Waals surface area contributed by atoms with E-state index in [1.165, 1.54) is 12.8 Å². The first-order valence-electron chi connectivity index (χ1n) is 6.20. The van der Waals surface area contributed by atoms with Gasteiger partial charge in [-0.25, -0.2) is 4.90 Å². The van der Waals surface area contributed by atoms with Crippen molar-refractivity contribution in [3.63, 3.8) is 0 Å². The van der Waals surface area contributed by atoms with Gasteiger partial charge < -0.3 is 14.9 Å². The Hall–Kier alpha value is -0.160. The van der Waals surface area contributed by atoms with Crippen LogP contribution in [0.3, 0.4) is 0 Å². The molecule has 0 aromatic heterocycles. The fourth-order valence-electron chi connectivity index (χ4n) is 2.99. The fraction of sp³-hybridized carbons (Fsp3) is 1.00. The number of aliphatic hydroxyl groups excluding tert-OH is 2. The number of aliphatic hydroxyl groups is 2. The molecule has 1 aliphatic carbocycles. The van der Waals surface area contributed by atoms with Crippen molar-refractivity contribution >= 4 is 0 Å². The maximum atomic E-state index is 10.0. The molecule has 3 unspecified atom stereocenters. The van der Waals surface area contributed by atoms with Gasteiger partial charge in [0.05, 0.1) is 5.60 Å². The van der Waals surface area contributed by atoms with Crippen LogP contribution in [0.1, 0.15) is 46.5 Å². The van der Waals surface area contributed by atoms with Gasteiger partial charge in [0.2, 0.25) is 6.41 Å². The van der Waals surface area contributed by atoms with Crippen LogP contribution in [-0.4, -0.2) is 39.4 Å². The number of likely N-dealkylation sites (tertiary alicyclic amines) is 1. The van der Waals surface area contributed by atoms with E-state index < -0.39 is 18.2 Å². The lowest BCUT2D eigenvalue weighted by Gasteiger charge is -2.35. The molecule has 4 heteroatoms. The Morgan fingerprint density at radius 1 is 1.31 bits per heavy atom. The molecule has 16 heavy (non-hydrogen) atoms. The number of rotatable bonds is 2. The quantitative estimate of drug-likeness (QED) is 0.700. The Morgan fingerprint density at radius 2 is 2.00 bits per heavy atom. The van der Waals surface area contributed by atoms with E-state index in [0.29, 0.717) is 12.0 Å². The highest BCUT2D eigenvalue weighted by Gasteiger charge is 2.46. The second-order valence-electron chi connectivity index (χ2n) is 5.98. The molecule has 1 saturated carbocycles. The van der Waals surface area contributed by atoms with E-state index in [9.17, 15) is 10.2 Å². The van der Waals surface area contributed by atoms with Crippen molar-refractivity contribution < 1.29 is 14.9 Å². The van der Waals surface area contributed by atoms with E-state index in [0.717, 1.165) is 12.8 Å². The molecular weight excluding hydrogens is 206 g/mol. The SMILES string of the molecule is CC(C)(C)OC(O)N1C2CCCC2C[C@H]1O. The molecule has 0 aromatic rings. The average molecular weight is 229 g/mol. The first kappa shape index (κ1) is 12.3. The summed E-state index contributed by atoms with van der Waals surface area (Å²) in [7, 11) is 0. The summed E-state index contributed by atoms with van der Waals surface area (Å²) < 4.78 is 5.52. The Morgan fingerprint density at radius 3 is 2.62 bits per heavy atom. The van der Waals surface area contributed by atoms with Gasteiger partial charge in [0.25, 0.3) is 0 Å². The molecule has 0 amide bonds. The molecule has 94 valence electrons. The smallest absolute Gasteiger partial charge is 0.218 e. The summed E-state index contributed by atoms with van der Waals surface area (Å²) in [5, 5.41) is 20.0. The van der Waals surface area contributed by atoms with Crippen LogP contribution in [0, 0.1) is 5.92 Å². The van der Waals surface area contributed by atoms with Gasteiger partial charge in [-0.3, -0.25) is 0 Å². The van der Waals surface area contributed by atoms with Gasteiger partial charge in [-0.1, -0.05) is 6.42 Å². The second kappa shape index (κ2) is 4.26. The van der Waals surface area contributed by atoms with E-state index in [2.05, 4.69) is 0 Å². The summed E-state index contributed by atoms with van der Waals surface area (Å²) in [6.07, 6.45) is 2.67. The van der Waals surface area contributed by atoms with Crippen molar-refractivity contribution in [1.82, 2.24) is 4.90 Å². The topological polar surface area (TPSA) is 52.9 Å². The molecule has 1 heterocycles. The Labute approximate surface area is 97.2 Å². The van der Waals surface area contributed by atoms with Crippen LogP contribution >= 0.6 is 0 Å². The summed E-state index contributed by atoms with van der Waals surface area (Å²) in [5.41, 5.74) is -0.393. The normalized spacial score (nSPS) is 37.7. The predicted octanol–water partition coefficient (Wildman–Crippen LogP) is 1.27. The van der Waals surface area contributed by atoms with Crippen molar-refractivity contribution in [3.05, 3.63) is 0 Å². The lowest BCUT2D eigenvalue weighted by atomic mass is 10.0.